The van der Waals surface area contributed by atoms with Crippen molar-refractivity contribution >= 4 is 15.9 Å². The first-order valence-corrected chi connectivity index (χ1v) is 6.50. The van der Waals surface area contributed by atoms with Crippen molar-refractivity contribution in [1.29, 1.82) is 0 Å². The predicted molar refractivity (Wildman–Crippen MR) is 69.7 cm³/mol. The van der Waals surface area contributed by atoms with Gasteiger partial charge in [-0.3, -0.25) is 0 Å². The van der Waals surface area contributed by atoms with E-state index in [1.807, 2.05) is 0 Å². The van der Waals surface area contributed by atoms with Crippen LogP contribution in [-0.2, 0) is 0 Å². The fourth-order valence-corrected chi connectivity index (χ4v) is 2.35. The van der Waals surface area contributed by atoms with Crippen molar-refractivity contribution in [1.82, 2.24) is 0 Å². The lowest BCUT2D eigenvalue weighted by molar-refractivity contribution is 0.504. The number of hydrogen-bond donors (Lipinski definition) is 1. The van der Waals surface area contributed by atoms with E-state index in [0.29, 0.717) is 5.92 Å². The smallest absolute Gasteiger partial charge is 0.124 e. The van der Waals surface area contributed by atoms with E-state index in [9.17, 15) is 4.39 Å². The molecule has 0 fully saturated rings. The summed E-state index contributed by atoms with van der Waals surface area (Å²) < 4.78 is 13.7. The largest absolute Gasteiger partial charge is 0.324 e. The van der Waals surface area contributed by atoms with Gasteiger partial charge in [0.2, 0.25) is 0 Å². The minimum atomic E-state index is -0.231. The van der Waals surface area contributed by atoms with Crippen molar-refractivity contribution in [3.05, 3.63) is 34.1 Å². The van der Waals surface area contributed by atoms with Crippen LogP contribution in [0.2, 0.25) is 0 Å². The van der Waals surface area contributed by atoms with E-state index in [0.717, 1.165) is 22.9 Å². The summed E-state index contributed by atoms with van der Waals surface area (Å²) >= 11 is 3.35. The van der Waals surface area contributed by atoms with Crippen molar-refractivity contribution in [3.8, 4) is 0 Å². The Bertz CT molecular complexity index is 339. The molecule has 0 amide bonds. The summed E-state index contributed by atoms with van der Waals surface area (Å²) in [6, 6.07) is 4.69. The van der Waals surface area contributed by atoms with E-state index < -0.39 is 0 Å². The lowest BCUT2D eigenvalue weighted by Gasteiger charge is -2.14. The van der Waals surface area contributed by atoms with Gasteiger partial charge in [0.1, 0.15) is 5.82 Å². The van der Waals surface area contributed by atoms with Crippen LogP contribution in [0, 0.1) is 11.7 Å². The van der Waals surface area contributed by atoms with E-state index in [4.69, 9.17) is 5.73 Å². The highest BCUT2D eigenvalue weighted by atomic mass is 79.9. The Balaban J connectivity index is 2.55. The molecular weight excluding hydrogens is 269 g/mol. The average molecular weight is 288 g/mol. The molecule has 0 aliphatic carbocycles. The third-order valence-electron chi connectivity index (χ3n) is 2.66. The molecule has 0 aliphatic rings. The van der Waals surface area contributed by atoms with Crippen LogP contribution in [0.15, 0.2) is 22.7 Å². The number of nitrogens with two attached hydrogens (primary N) is 1. The highest BCUT2D eigenvalue weighted by Gasteiger charge is 2.10. The molecule has 0 radical (unpaired) electrons. The van der Waals surface area contributed by atoms with E-state index in [-0.39, 0.29) is 11.9 Å². The van der Waals surface area contributed by atoms with Gasteiger partial charge in [-0.1, -0.05) is 48.7 Å². The van der Waals surface area contributed by atoms with Gasteiger partial charge in [0, 0.05) is 10.5 Å². The lowest BCUT2D eigenvalue weighted by Crippen LogP contribution is -2.11. The monoisotopic (exact) mass is 287 g/mol. The molecule has 0 aliphatic heterocycles. The topological polar surface area (TPSA) is 26.0 Å². The number of halogens is 2. The van der Waals surface area contributed by atoms with Gasteiger partial charge in [0.05, 0.1) is 0 Å². The highest BCUT2D eigenvalue weighted by molar-refractivity contribution is 9.10. The Morgan fingerprint density at radius 2 is 2.00 bits per heavy atom. The molecule has 0 bridgehead atoms. The zero-order valence-electron chi connectivity index (χ0n) is 9.84. The van der Waals surface area contributed by atoms with E-state index >= 15 is 0 Å². The molecule has 3 heteroatoms. The summed E-state index contributed by atoms with van der Waals surface area (Å²) in [5.41, 5.74) is 7.07. The molecule has 1 atom stereocenters. The normalized spacial score (nSPS) is 13.1. The number of rotatable bonds is 5. The van der Waals surface area contributed by atoms with Gasteiger partial charge in [-0.15, -0.1) is 0 Å². The third-order valence-corrected chi connectivity index (χ3v) is 3.35. The van der Waals surface area contributed by atoms with Gasteiger partial charge >= 0.3 is 0 Å². The average Bonchev–Trinajstić information content (AvgIpc) is 2.16. The maximum atomic E-state index is 12.9. The Morgan fingerprint density at radius 3 is 2.56 bits per heavy atom. The van der Waals surface area contributed by atoms with E-state index in [1.165, 1.54) is 18.6 Å². The maximum absolute atomic E-state index is 12.9. The van der Waals surface area contributed by atoms with Gasteiger partial charge < -0.3 is 5.73 Å². The summed E-state index contributed by atoms with van der Waals surface area (Å²) in [6.45, 7) is 4.42. The Morgan fingerprint density at radius 1 is 1.31 bits per heavy atom. The molecule has 90 valence electrons. The van der Waals surface area contributed by atoms with Crippen LogP contribution in [0.1, 0.15) is 44.7 Å². The Hall–Kier alpha value is -0.410. The SMILES string of the molecule is CC(C)CCCC(N)c1ccc(F)cc1Br. The maximum Gasteiger partial charge on any atom is 0.124 e. The molecule has 2 N–H and O–H groups in total. The molecular formula is C13H19BrFN. The molecule has 1 aromatic rings. The van der Waals surface area contributed by atoms with Gasteiger partial charge in [0.25, 0.3) is 0 Å². The van der Waals surface area contributed by atoms with Gasteiger partial charge in [-0.05, 0) is 30.0 Å². The van der Waals surface area contributed by atoms with Crippen LogP contribution in [0.5, 0.6) is 0 Å². The van der Waals surface area contributed by atoms with E-state index in [2.05, 4.69) is 29.8 Å². The molecule has 1 aromatic carbocycles. The Labute approximate surface area is 105 Å². The second kappa shape index (κ2) is 6.36. The second-order valence-corrected chi connectivity index (χ2v) is 5.45. The fourth-order valence-electron chi connectivity index (χ4n) is 1.70. The van der Waals surface area contributed by atoms with Crippen molar-refractivity contribution in [2.24, 2.45) is 11.7 Å². The third kappa shape index (κ3) is 4.22. The zero-order valence-corrected chi connectivity index (χ0v) is 11.4. The van der Waals surface area contributed by atoms with Crippen molar-refractivity contribution in [3.63, 3.8) is 0 Å². The minimum Gasteiger partial charge on any atom is -0.324 e. The molecule has 0 spiro atoms. The zero-order chi connectivity index (χ0) is 12.1. The van der Waals surface area contributed by atoms with Crippen LogP contribution in [0.25, 0.3) is 0 Å². The summed E-state index contributed by atoms with van der Waals surface area (Å²) in [6.07, 6.45) is 3.25. The predicted octanol–water partition coefficient (Wildman–Crippen LogP) is 4.41. The molecule has 0 saturated heterocycles. The molecule has 1 rings (SSSR count). The number of benzene rings is 1. The summed E-state index contributed by atoms with van der Waals surface area (Å²) in [4.78, 5) is 0. The Kier molecular flexibility index (Phi) is 5.42. The molecule has 1 nitrogen and oxygen atoms in total. The van der Waals surface area contributed by atoms with E-state index in [1.54, 1.807) is 6.07 Å². The minimum absolute atomic E-state index is 0.00581. The molecule has 16 heavy (non-hydrogen) atoms. The fraction of sp³-hybridized carbons (Fsp3) is 0.538. The van der Waals surface area contributed by atoms with Crippen molar-refractivity contribution in [2.75, 3.05) is 0 Å². The highest BCUT2D eigenvalue weighted by Crippen LogP contribution is 2.26. The van der Waals surface area contributed by atoms with Gasteiger partial charge in [-0.2, -0.15) is 0 Å². The van der Waals surface area contributed by atoms with Crippen LogP contribution in [0.4, 0.5) is 4.39 Å². The van der Waals surface area contributed by atoms with Crippen molar-refractivity contribution < 1.29 is 4.39 Å². The lowest BCUT2D eigenvalue weighted by atomic mass is 9.99. The molecule has 0 aromatic heterocycles. The van der Waals surface area contributed by atoms with Crippen LogP contribution >= 0.6 is 15.9 Å². The molecule has 0 saturated carbocycles. The molecule has 1 unspecified atom stereocenters. The first kappa shape index (κ1) is 13.7. The summed E-state index contributed by atoms with van der Waals surface area (Å²) in [5.74, 6) is 0.480. The molecule has 0 heterocycles. The first-order chi connectivity index (χ1) is 7.50. The summed E-state index contributed by atoms with van der Waals surface area (Å²) in [5, 5.41) is 0. The van der Waals surface area contributed by atoms with Crippen LogP contribution in [-0.4, -0.2) is 0 Å². The van der Waals surface area contributed by atoms with Gasteiger partial charge in [-0.25, -0.2) is 4.39 Å². The first-order valence-electron chi connectivity index (χ1n) is 5.71. The summed E-state index contributed by atoms with van der Waals surface area (Å²) in [7, 11) is 0. The quantitative estimate of drug-likeness (QED) is 0.853. The van der Waals surface area contributed by atoms with Crippen molar-refractivity contribution in [2.45, 2.75) is 39.2 Å². The standard InChI is InChI=1S/C13H19BrFN/c1-9(2)4-3-5-13(16)11-7-6-10(15)8-12(11)14/h6-9,13H,3-5,16H2,1-2H3. The van der Waals surface area contributed by atoms with Crippen LogP contribution < -0.4 is 5.73 Å². The second-order valence-electron chi connectivity index (χ2n) is 4.60. The number of hydrogen-bond acceptors (Lipinski definition) is 1. The van der Waals surface area contributed by atoms with Crippen LogP contribution in [0.3, 0.4) is 0 Å². The van der Waals surface area contributed by atoms with Gasteiger partial charge in [0.15, 0.2) is 0 Å².